The quantitative estimate of drug-likeness (QED) is 0.296. The van der Waals surface area contributed by atoms with Crippen molar-refractivity contribution in [3.8, 4) is 6.07 Å². The van der Waals surface area contributed by atoms with Crippen LogP contribution in [0.3, 0.4) is 0 Å². The lowest BCUT2D eigenvalue weighted by Crippen LogP contribution is -2.49. The SMILES string of the molecule is COC(=O)C1(c2ccc(Cl)nc2)CCN(c2ccc(C(F)(F)F)cc2C#N)C(c2ccc(Cl)nc2)C1. The van der Waals surface area contributed by atoms with Crippen LogP contribution in [0.4, 0.5) is 18.9 Å². The van der Waals surface area contributed by atoms with E-state index < -0.39 is 29.2 Å². The second kappa shape index (κ2) is 9.96. The van der Waals surface area contributed by atoms with Gasteiger partial charge < -0.3 is 9.64 Å². The van der Waals surface area contributed by atoms with Crippen LogP contribution in [-0.4, -0.2) is 29.6 Å². The van der Waals surface area contributed by atoms with Crippen molar-refractivity contribution in [3.05, 3.63) is 87.4 Å². The average Bonchev–Trinajstić information content (AvgIpc) is 2.87. The molecule has 1 aliphatic rings. The number of nitriles is 1. The van der Waals surface area contributed by atoms with Crippen molar-refractivity contribution in [3.63, 3.8) is 0 Å². The second-order valence-electron chi connectivity index (χ2n) is 8.36. The molecule has 1 saturated heterocycles. The summed E-state index contributed by atoms with van der Waals surface area (Å²) in [5.74, 6) is -0.480. The summed E-state index contributed by atoms with van der Waals surface area (Å²) in [7, 11) is 1.29. The number of hydrogen-bond acceptors (Lipinski definition) is 6. The van der Waals surface area contributed by atoms with Crippen LogP contribution in [0.15, 0.2) is 54.9 Å². The van der Waals surface area contributed by atoms with Gasteiger partial charge in [0.05, 0.1) is 35.4 Å². The van der Waals surface area contributed by atoms with Crippen molar-refractivity contribution in [2.75, 3.05) is 18.6 Å². The van der Waals surface area contributed by atoms with E-state index in [0.29, 0.717) is 16.8 Å². The largest absolute Gasteiger partial charge is 0.468 e. The Morgan fingerprint density at radius 2 is 1.83 bits per heavy atom. The molecule has 1 aromatic carbocycles. The first-order valence-corrected chi connectivity index (χ1v) is 11.5. The molecule has 6 nitrogen and oxygen atoms in total. The van der Waals surface area contributed by atoms with E-state index in [1.54, 1.807) is 30.5 Å². The third kappa shape index (κ3) is 4.84. The van der Waals surface area contributed by atoms with Crippen LogP contribution in [0.2, 0.25) is 10.3 Å². The number of piperidine rings is 1. The molecule has 0 amide bonds. The Morgan fingerprint density at radius 1 is 1.14 bits per heavy atom. The molecule has 1 aliphatic heterocycles. The van der Waals surface area contributed by atoms with E-state index in [2.05, 4.69) is 9.97 Å². The van der Waals surface area contributed by atoms with Gasteiger partial charge in [0.2, 0.25) is 0 Å². The smallest absolute Gasteiger partial charge is 0.416 e. The highest BCUT2D eigenvalue weighted by atomic mass is 35.5. The van der Waals surface area contributed by atoms with Crippen LogP contribution in [0.5, 0.6) is 0 Å². The number of nitrogens with zero attached hydrogens (tertiary/aromatic N) is 4. The van der Waals surface area contributed by atoms with Crippen LogP contribution in [0, 0.1) is 11.3 Å². The molecule has 186 valence electrons. The number of aromatic nitrogens is 2. The maximum Gasteiger partial charge on any atom is 0.416 e. The van der Waals surface area contributed by atoms with Gasteiger partial charge in [0.1, 0.15) is 16.4 Å². The van der Waals surface area contributed by atoms with Crippen molar-refractivity contribution in [1.29, 1.82) is 5.26 Å². The van der Waals surface area contributed by atoms with E-state index in [-0.39, 0.29) is 35.3 Å². The average molecular weight is 535 g/mol. The lowest BCUT2D eigenvalue weighted by atomic mass is 9.69. The number of ether oxygens (including phenoxy) is 1. The van der Waals surface area contributed by atoms with Crippen molar-refractivity contribution in [2.45, 2.75) is 30.5 Å². The molecule has 3 heterocycles. The number of pyridine rings is 2. The van der Waals surface area contributed by atoms with E-state index in [4.69, 9.17) is 27.9 Å². The molecule has 11 heteroatoms. The number of rotatable bonds is 4. The van der Waals surface area contributed by atoms with E-state index in [1.807, 2.05) is 11.0 Å². The van der Waals surface area contributed by atoms with Crippen molar-refractivity contribution < 1.29 is 22.7 Å². The first-order valence-electron chi connectivity index (χ1n) is 10.8. The van der Waals surface area contributed by atoms with Gasteiger partial charge in [0, 0.05) is 18.9 Å². The van der Waals surface area contributed by atoms with Crippen molar-refractivity contribution in [2.24, 2.45) is 0 Å². The first-order chi connectivity index (χ1) is 17.1. The minimum absolute atomic E-state index is 0.129. The van der Waals surface area contributed by atoms with Crippen LogP contribution in [0.25, 0.3) is 0 Å². The predicted molar refractivity (Wildman–Crippen MR) is 128 cm³/mol. The highest BCUT2D eigenvalue weighted by molar-refractivity contribution is 6.29. The summed E-state index contributed by atoms with van der Waals surface area (Å²) in [5, 5.41) is 10.2. The Morgan fingerprint density at radius 3 is 2.39 bits per heavy atom. The normalized spacial score (nSPS) is 20.0. The number of carbonyl (C=O) groups is 1. The van der Waals surface area contributed by atoms with Gasteiger partial charge in [-0.1, -0.05) is 35.3 Å². The molecule has 0 spiro atoms. The zero-order valence-corrected chi connectivity index (χ0v) is 20.4. The fourth-order valence-electron chi connectivity index (χ4n) is 4.65. The predicted octanol–water partition coefficient (Wildman–Crippen LogP) is 6.13. The summed E-state index contributed by atoms with van der Waals surface area (Å²) in [6.45, 7) is 0.227. The fourth-order valence-corrected chi connectivity index (χ4v) is 4.88. The maximum atomic E-state index is 13.3. The summed E-state index contributed by atoms with van der Waals surface area (Å²) < 4.78 is 45.1. The third-order valence-electron chi connectivity index (χ3n) is 6.44. The van der Waals surface area contributed by atoms with Gasteiger partial charge in [-0.15, -0.1) is 0 Å². The topological polar surface area (TPSA) is 79.1 Å². The molecule has 4 rings (SSSR count). The lowest BCUT2D eigenvalue weighted by molar-refractivity contribution is -0.149. The van der Waals surface area contributed by atoms with Gasteiger partial charge in [0.15, 0.2) is 0 Å². The highest BCUT2D eigenvalue weighted by Gasteiger charge is 2.49. The van der Waals surface area contributed by atoms with Gasteiger partial charge in [-0.05, 0) is 54.3 Å². The van der Waals surface area contributed by atoms with Crippen LogP contribution in [-0.2, 0) is 21.1 Å². The summed E-state index contributed by atoms with van der Waals surface area (Å²) >= 11 is 11.9. The summed E-state index contributed by atoms with van der Waals surface area (Å²) in [6, 6.07) is 11.0. The molecule has 0 radical (unpaired) electrons. The minimum Gasteiger partial charge on any atom is -0.468 e. The van der Waals surface area contributed by atoms with Gasteiger partial charge in [-0.3, -0.25) is 4.79 Å². The van der Waals surface area contributed by atoms with Gasteiger partial charge in [-0.25, -0.2) is 9.97 Å². The number of alkyl halides is 3. The minimum atomic E-state index is -4.59. The monoisotopic (exact) mass is 534 g/mol. The molecule has 36 heavy (non-hydrogen) atoms. The Bertz CT molecular complexity index is 1310. The number of hydrogen-bond donors (Lipinski definition) is 0. The molecule has 0 aliphatic carbocycles. The number of esters is 1. The third-order valence-corrected chi connectivity index (χ3v) is 6.89. The van der Waals surface area contributed by atoms with E-state index in [0.717, 1.165) is 12.1 Å². The molecular weight excluding hydrogens is 516 g/mol. The molecule has 2 aromatic heterocycles. The molecule has 0 saturated carbocycles. The van der Waals surface area contributed by atoms with Crippen molar-refractivity contribution in [1.82, 2.24) is 9.97 Å². The number of methoxy groups -OCH3 is 1. The maximum absolute atomic E-state index is 13.3. The number of anilines is 1. The molecule has 2 atom stereocenters. The van der Waals surface area contributed by atoms with Crippen molar-refractivity contribution >= 4 is 34.9 Å². The highest BCUT2D eigenvalue weighted by Crippen LogP contribution is 2.47. The Balaban J connectivity index is 1.85. The molecule has 0 N–H and O–H groups in total. The molecule has 1 fully saturated rings. The Labute approximate surface area is 215 Å². The Hall–Kier alpha value is -3.35. The molecule has 3 aromatic rings. The molecule has 0 bridgehead atoms. The van der Waals surface area contributed by atoms with Crippen LogP contribution < -0.4 is 4.90 Å². The number of halogens is 5. The zero-order chi connectivity index (χ0) is 26.1. The molecular formula is C25H19Cl2F3N4O2. The van der Waals surface area contributed by atoms with E-state index in [1.165, 1.54) is 19.4 Å². The summed E-state index contributed by atoms with van der Waals surface area (Å²) in [4.78, 5) is 23.3. The summed E-state index contributed by atoms with van der Waals surface area (Å²) in [6.07, 6.45) is -1.09. The lowest BCUT2D eigenvalue weighted by Gasteiger charge is -2.46. The fraction of sp³-hybridized carbons (Fsp3) is 0.280. The van der Waals surface area contributed by atoms with E-state index in [9.17, 15) is 23.2 Å². The van der Waals surface area contributed by atoms with Gasteiger partial charge in [-0.2, -0.15) is 18.4 Å². The van der Waals surface area contributed by atoms with Gasteiger partial charge >= 0.3 is 12.1 Å². The second-order valence-corrected chi connectivity index (χ2v) is 9.14. The number of carbonyl (C=O) groups excluding carboxylic acids is 1. The van der Waals surface area contributed by atoms with Crippen LogP contribution >= 0.6 is 23.2 Å². The Kier molecular flexibility index (Phi) is 7.12. The number of benzene rings is 1. The van der Waals surface area contributed by atoms with E-state index >= 15 is 0 Å². The van der Waals surface area contributed by atoms with Gasteiger partial charge in [0.25, 0.3) is 0 Å². The first kappa shape index (κ1) is 25.7. The summed E-state index contributed by atoms with van der Waals surface area (Å²) in [5.41, 5.74) is -0.586. The zero-order valence-electron chi connectivity index (χ0n) is 18.9. The standard InChI is InChI=1S/C25H19Cl2F3N4O2/c1-36-23(35)24(18-4-7-22(27)33-14-18)8-9-34(20(11-24)15-2-6-21(26)32-13-15)19-5-3-17(25(28,29)30)10-16(19)12-31/h2-7,10,13-14,20H,8-9,11H2,1H3. The molecule has 2 unspecified atom stereocenters. The van der Waals surface area contributed by atoms with Crippen LogP contribution in [0.1, 0.15) is 41.1 Å².